The third kappa shape index (κ3) is 3.39. The highest BCUT2D eigenvalue weighted by molar-refractivity contribution is 7.22. The molecule has 4 aromatic rings. The Bertz CT molecular complexity index is 1270. The first-order chi connectivity index (χ1) is 13.0. The second-order valence-electron chi connectivity index (χ2n) is 6.28. The van der Waals surface area contributed by atoms with Crippen LogP contribution in [0, 0.1) is 13.8 Å². The van der Waals surface area contributed by atoms with Gasteiger partial charge >= 0.3 is 0 Å². The number of anilines is 1. The van der Waals surface area contributed by atoms with E-state index in [0.717, 1.165) is 21.3 Å². The molecular formula is C21H16N2O3S. The maximum Gasteiger partial charge on any atom is 0.250 e. The fraction of sp³-hybridized carbons (Fsp3) is 0.0952. The van der Waals surface area contributed by atoms with Gasteiger partial charge in [0.2, 0.25) is 5.91 Å². The Hall–Kier alpha value is -3.25. The van der Waals surface area contributed by atoms with Crippen molar-refractivity contribution < 1.29 is 9.21 Å². The summed E-state index contributed by atoms with van der Waals surface area (Å²) in [6, 6.07) is 11.3. The average Bonchev–Trinajstić information content (AvgIpc) is 3.05. The van der Waals surface area contributed by atoms with E-state index in [1.165, 1.54) is 29.8 Å². The molecule has 0 aliphatic heterocycles. The molecule has 0 aliphatic rings. The minimum absolute atomic E-state index is 0.167. The van der Waals surface area contributed by atoms with E-state index in [9.17, 15) is 9.59 Å². The first-order valence-corrected chi connectivity index (χ1v) is 9.20. The van der Waals surface area contributed by atoms with Crippen molar-refractivity contribution in [1.29, 1.82) is 0 Å². The standard InChI is InChI=1S/C21H16N2O3S/c1-12-6-8-16-15(10-12)20(25)14(11-26-16)7-9-18(24)22-21-23-19-13(2)4-3-5-17(19)27-21/h3-11H,1-2H3,(H,22,23,24)/b9-7+. The van der Waals surface area contributed by atoms with Crippen LogP contribution < -0.4 is 10.7 Å². The molecule has 0 bridgehead atoms. The molecule has 0 atom stereocenters. The molecule has 2 aromatic carbocycles. The third-order valence-electron chi connectivity index (χ3n) is 4.22. The normalized spacial score (nSPS) is 11.5. The van der Waals surface area contributed by atoms with Gasteiger partial charge in [-0.05, 0) is 43.7 Å². The van der Waals surface area contributed by atoms with Gasteiger partial charge in [0.05, 0.1) is 21.2 Å². The van der Waals surface area contributed by atoms with E-state index in [1.54, 1.807) is 12.1 Å². The van der Waals surface area contributed by atoms with Gasteiger partial charge < -0.3 is 4.42 Å². The molecule has 0 unspecified atom stereocenters. The molecule has 0 saturated heterocycles. The number of aryl methyl sites for hydroxylation is 2. The molecular weight excluding hydrogens is 360 g/mol. The number of nitrogens with zero attached hydrogens (tertiary/aromatic N) is 1. The molecule has 0 spiro atoms. The van der Waals surface area contributed by atoms with Gasteiger partial charge in [-0.25, -0.2) is 4.98 Å². The lowest BCUT2D eigenvalue weighted by Crippen LogP contribution is -2.09. The van der Waals surface area contributed by atoms with Crippen molar-refractivity contribution >= 4 is 49.6 Å². The van der Waals surface area contributed by atoms with E-state index >= 15 is 0 Å². The highest BCUT2D eigenvalue weighted by Crippen LogP contribution is 2.27. The molecule has 2 aromatic heterocycles. The monoisotopic (exact) mass is 376 g/mol. The quantitative estimate of drug-likeness (QED) is 0.527. The number of rotatable bonds is 3. The van der Waals surface area contributed by atoms with Crippen molar-refractivity contribution in [2.24, 2.45) is 0 Å². The smallest absolute Gasteiger partial charge is 0.250 e. The Morgan fingerprint density at radius 2 is 2.07 bits per heavy atom. The van der Waals surface area contributed by atoms with Gasteiger partial charge in [-0.3, -0.25) is 14.9 Å². The number of amides is 1. The molecule has 6 heteroatoms. The minimum atomic E-state index is -0.351. The van der Waals surface area contributed by atoms with Crippen LogP contribution in [-0.2, 0) is 4.79 Å². The van der Waals surface area contributed by atoms with Crippen molar-refractivity contribution in [2.45, 2.75) is 13.8 Å². The molecule has 27 heavy (non-hydrogen) atoms. The zero-order chi connectivity index (χ0) is 19.0. The van der Waals surface area contributed by atoms with Crippen LogP contribution in [-0.4, -0.2) is 10.9 Å². The second-order valence-corrected chi connectivity index (χ2v) is 7.31. The number of aromatic nitrogens is 1. The maximum absolute atomic E-state index is 12.6. The number of carbonyl (C=O) groups excluding carboxylic acids is 1. The van der Waals surface area contributed by atoms with Gasteiger partial charge in [-0.15, -0.1) is 0 Å². The zero-order valence-corrected chi connectivity index (χ0v) is 15.6. The summed E-state index contributed by atoms with van der Waals surface area (Å²) in [5.41, 5.74) is 3.59. The first-order valence-electron chi connectivity index (χ1n) is 8.38. The first kappa shape index (κ1) is 17.2. The summed E-state index contributed by atoms with van der Waals surface area (Å²) in [6.07, 6.45) is 4.14. The lowest BCUT2D eigenvalue weighted by Gasteiger charge is -2.00. The predicted molar refractivity (Wildman–Crippen MR) is 109 cm³/mol. The number of thiazole rings is 1. The summed E-state index contributed by atoms with van der Waals surface area (Å²) in [6.45, 7) is 3.89. The van der Waals surface area contributed by atoms with Crippen molar-refractivity contribution in [1.82, 2.24) is 4.98 Å². The van der Waals surface area contributed by atoms with Crippen LogP contribution in [0.15, 0.2) is 57.9 Å². The van der Waals surface area contributed by atoms with Gasteiger partial charge in [0.15, 0.2) is 10.6 Å². The van der Waals surface area contributed by atoms with Gasteiger partial charge in [0.25, 0.3) is 0 Å². The predicted octanol–water partition coefficient (Wildman–Crippen LogP) is 4.67. The lowest BCUT2D eigenvalue weighted by atomic mass is 10.1. The summed E-state index contributed by atoms with van der Waals surface area (Å²) in [5, 5.41) is 3.77. The largest absolute Gasteiger partial charge is 0.463 e. The Labute approximate surface area is 159 Å². The van der Waals surface area contributed by atoms with Crippen molar-refractivity contribution in [3.8, 4) is 0 Å². The van der Waals surface area contributed by atoms with Gasteiger partial charge in [-0.1, -0.05) is 35.1 Å². The molecule has 5 nitrogen and oxygen atoms in total. The van der Waals surface area contributed by atoms with Crippen LogP contribution >= 0.6 is 11.3 Å². The lowest BCUT2D eigenvalue weighted by molar-refractivity contribution is -0.111. The van der Waals surface area contributed by atoms with Crippen LogP contribution in [0.3, 0.4) is 0 Å². The average molecular weight is 376 g/mol. The van der Waals surface area contributed by atoms with Gasteiger partial charge in [-0.2, -0.15) is 0 Å². The van der Waals surface area contributed by atoms with E-state index in [1.807, 2.05) is 38.1 Å². The second kappa shape index (κ2) is 6.81. The topological polar surface area (TPSA) is 72.2 Å². The van der Waals surface area contributed by atoms with E-state index < -0.39 is 0 Å². The number of nitrogens with one attached hydrogen (secondary N) is 1. The van der Waals surface area contributed by atoms with Crippen LogP contribution in [0.4, 0.5) is 5.13 Å². The Kier molecular flexibility index (Phi) is 4.33. The summed E-state index contributed by atoms with van der Waals surface area (Å²) < 4.78 is 6.50. The molecule has 1 N–H and O–H groups in total. The summed E-state index contributed by atoms with van der Waals surface area (Å²) in [5.74, 6) is -0.351. The molecule has 0 aliphatic carbocycles. The maximum atomic E-state index is 12.6. The number of fused-ring (bicyclic) bond motifs is 2. The fourth-order valence-electron chi connectivity index (χ4n) is 2.83. The van der Waals surface area contributed by atoms with Gasteiger partial charge in [0.1, 0.15) is 11.8 Å². The minimum Gasteiger partial charge on any atom is -0.463 e. The van der Waals surface area contributed by atoms with Crippen LogP contribution in [0.25, 0.3) is 27.3 Å². The van der Waals surface area contributed by atoms with E-state index in [2.05, 4.69) is 10.3 Å². The zero-order valence-electron chi connectivity index (χ0n) is 14.8. The molecule has 2 heterocycles. The number of hydrogen-bond acceptors (Lipinski definition) is 5. The number of benzene rings is 2. The Morgan fingerprint density at radius 1 is 1.22 bits per heavy atom. The number of para-hydroxylation sites is 1. The van der Waals surface area contributed by atoms with Crippen molar-refractivity contribution in [2.75, 3.05) is 5.32 Å². The Balaban J connectivity index is 1.58. The van der Waals surface area contributed by atoms with E-state index in [-0.39, 0.29) is 11.3 Å². The van der Waals surface area contributed by atoms with Crippen molar-refractivity contribution in [3.63, 3.8) is 0 Å². The molecule has 4 rings (SSSR count). The van der Waals surface area contributed by atoms with Crippen LogP contribution in [0.5, 0.6) is 0 Å². The molecule has 0 fully saturated rings. The number of carbonyl (C=O) groups is 1. The van der Waals surface area contributed by atoms with E-state index in [0.29, 0.717) is 21.7 Å². The highest BCUT2D eigenvalue weighted by Gasteiger charge is 2.09. The fourth-order valence-corrected chi connectivity index (χ4v) is 3.77. The third-order valence-corrected chi connectivity index (χ3v) is 5.16. The molecule has 0 radical (unpaired) electrons. The summed E-state index contributed by atoms with van der Waals surface area (Å²) >= 11 is 1.41. The Morgan fingerprint density at radius 3 is 2.89 bits per heavy atom. The van der Waals surface area contributed by atoms with Crippen LogP contribution in [0.1, 0.15) is 16.7 Å². The summed E-state index contributed by atoms with van der Waals surface area (Å²) in [7, 11) is 0. The number of hydrogen-bond donors (Lipinski definition) is 1. The van der Waals surface area contributed by atoms with E-state index in [4.69, 9.17) is 4.42 Å². The van der Waals surface area contributed by atoms with Gasteiger partial charge in [0, 0.05) is 6.08 Å². The van der Waals surface area contributed by atoms with Crippen LogP contribution in [0.2, 0.25) is 0 Å². The summed E-state index contributed by atoms with van der Waals surface area (Å²) in [4.78, 5) is 29.2. The van der Waals surface area contributed by atoms with Crippen molar-refractivity contribution in [3.05, 3.63) is 75.7 Å². The molecule has 134 valence electrons. The highest BCUT2D eigenvalue weighted by atomic mass is 32.1. The molecule has 0 saturated carbocycles. The SMILES string of the molecule is Cc1ccc2occ(/C=C/C(=O)Nc3nc4c(C)cccc4s3)c(=O)c2c1. The molecule has 1 amide bonds.